The molecule has 2 amide bonds. The summed E-state index contributed by atoms with van der Waals surface area (Å²) in [6.07, 6.45) is 0.284. The van der Waals surface area contributed by atoms with Gasteiger partial charge in [0.1, 0.15) is 6.61 Å². The van der Waals surface area contributed by atoms with Gasteiger partial charge in [-0.05, 0) is 12.0 Å². The number of benzene rings is 1. The third kappa shape index (κ3) is 3.04. The normalized spacial score (nSPS) is 15.5. The second kappa shape index (κ2) is 5.45. The number of hydrogen-bond donors (Lipinski definition) is 1. The molecule has 1 aromatic carbocycles. The molecule has 1 N–H and O–H groups in total. The number of cyclic esters (lactones) is 1. The van der Waals surface area contributed by atoms with Crippen molar-refractivity contribution in [3.05, 3.63) is 35.9 Å². The lowest BCUT2D eigenvalue weighted by Gasteiger charge is -2.25. The molecule has 0 saturated carbocycles. The molecule has 0 radical (unpaired) electrons. The van der Waals surface area contributed by atoms with Gasteiger partial charge in [-0.2, -0.15) is 5.01 Å². The molecule has 0 bridgehead atoms. The number of hydrazine groups is 1. The molecule has 0 spiro atoms. The van der Waals surface area contributed by atoms with Crippen LogP contribution in [0.3, 0.4) is 0 Å². The van der Waals surface area contributed by atoms with Gasteiger partial charge in [0.25, 0.3) is 0 Å². The lowest BCUT2D eigenvalue weighted by atomic mass is 10.1. The van der Waals surface area contributed by atoms with Gasteiger partial charge in [0, 0.05) is 6.42 Å². The molecule has 0 aliphatic carbocycles. The Bertz CT molecular complexity index is 405. The van der Waals surface area contributed by atoms with E-state index in [1.165, 1.54) is 0 Å². The van der Waals surface area contributed by atoms with Crippen molar-refractivity contribution < 1.29 is 14.3 Å². The highest BCUT2D eigenvalue weighted by Crippen LogP contribution is 2.05. The van der Waals surface area contributed by atoms with Crippen molar-refractivity contribution in [2.75, 3.05) is 13.2 Å². The van der Waals surface area contributed by atoms with Crippen LogP contribution in [-0.4, -0.2) is 30.2 Å². The average molecular weight is 234 g/mol. The summed E-state index contributed by atoms with van der Waals surface area (Å²) < 4.78 is 4.77. The molecule has 1 fully saturated rings. The van der Waals surface area contributed by atoms with Gasteiger partial charge in [0.05, 0.1) is 6.54 Å². The predicted octanol–water partition coefficient (Wildman–Crippen LogP) is 1.10. The van der Waals surface area contributed by atoms with E-state index in [0.717, 1.165) is 10.6 Å². The van der Waals surface area contributed by atoms with E-state index in [4.69, 9.17) is 4.74 Å². The van der Waals surface area contributed by atoms with Crippen molar-refractivity contribution in [1.29, 1.82) is 0 Å². The molecule has 5 nitrogen and oxygen atoms in total. The van der Waals surface area contributed by atoms with Crippen LogP contribution >= 0.6 is 0 Å². The van der Waals surface area contributed by atoms with E-state index in [2.05, 4.69) is 5.43 Å². The minimum absolute atomic E-state index is 0.265. The number of imide groups is 1. The third-order valence-corrected chi connectivity index (χ3v) is 2.50. The Labute approximate surface area is 99.3 Å². The zero-order chi connectivity index (χ0) is 12.1. The van der Waals surface area contributed by atoms with Gasteiger partial charge in [-0.15, -0.1) is 0 Å². The van der Waals surface area contributed by atoms with Crippen molar-refractivity contribution in [2.45, 2.75) is 12.8 Å². The maximum atomic E-state index is 11.7. The summed E-state index contributed by atoms with van der Waals surface area (Å²) in [5.74, 6) is -0.265. The van der Waals surface area contributed by atoms with Gasteiger partial charge in [0.2, 0.25) is 5.91 Å². The van der Waals surface area contributed by atoms with Crippen molar-refractivity contribution in [1.82, 2.24) is 10.4 Å². The molecule has 1 aliphatic rings. The zero-order valence-corrected chi connectivity index (χ0v) is 9.39. The summed E-state index contributed by atoms with van der Waals surface area (Å²) in [5, 5.41) is 0.951. The second-order valence-corrected chi connectivity index (χ2v) is 3.74. The molecule has 1 heterocycles. The second-order valence-electron chi connectivity index (χ2n) is 3.74. The highest BCUT2D eigenvalue weighted by atomic mass is 16.6. The maximum Gasteiger partial charge on any atom is 0.431 e. The van der Waals surface area contributed by atoms with E-state index >= 15 is 0 Å². The number of aryl methyl sites for hydroxylation is 1. The van der Waals surface area contributed by atoms with Crippen LogP contribution in [0.15, 0.2) is 30.3 Å². The maximum absolute atomic E-state index is 11.7. The van der Waals surface area contributed by atoms with Gasteiger partial charge in [-0.1, -0.05) is 30.3 Å². The van der Waals surface area contributed by atoms with E-state index in [0.29, 0.717) is 19.6 Å². The van der Waals surface area contributed by atoms with Crippen LogP contribution in [0.2, 0.25) is 0 Å². The van der Waals surface area contributed by atoms with Crippen molar-refractivity contribution in [3.8, 4) is 0 Å². The Balaban J connectivity index is 1.87. The number of ether oxygens (including phenoxy) is 1. The van der Waals surface area contributed by atoms with Crippen molar-refractivity contribution >= 4 is 12.0 Å². The Hall–Kier alpha value is -1.88. The molecular formula is C12H14N2O3. The number of carbonyl (C=O) groups excluding carboxylic acids is 2. The minimum atomic E-state index is -0.616. The number of amides is 2. The van der Waals surface area contributed by atoms with Crippen LogP contribution in [0, 0.1) is 0 Å². The van der Waals surface area contributed by atoms with Gasteiger partial charge in [0.15, 0.2) is 0 Å². The quantitative estimate of drug-likeness (QED) is 0.851. The minimum Gasteiger partial charge on any atom is -0.447 e. The largest absolute Gasteiger partial charge is 0.447 e. The molecule has 0 aromatic heterocycles. The Morgan fingerprint density at radius 1 is 1.35 bits per heavy atom. The first kappa shape index (κ1) is 11.6. The van der Waals surface area contributed by atoms with Gasteiger partial charge >= 0.3 is 6.09 Å². The highest BCUT2D eigenvalue weighted by Gasteiger charge is 2.25. The molecule has 90 valence electrons. The number of nitrogens with one attached hydrogen (secondary N) is 1. The van der Waals surface area contributed by atoms with E-state index in [9.17, 15) is 9.59 Å². The number of rotatable bonds is 3. The topological polar surface area (TPSA) is 58.6 Å². The molecule has 1 aliphatic heterocycles. The highest BCUT2D eigenvalue weighted by molar-refractivity contribution is 5.91. The van der Waals surface area contributed by atoms with E-state index in [1.807, 2.05) is 30.3 Å². The van der Waals surface area contributed by atoms with E-state index in [1.54, 1.807) is 0 Å². The molecule has 0 atom stereocenters. The third-order valence-electron chi connectivity index (χ3n) is 2.50. The van der Waals surface area contributed by atoms with E-state index in [-0.39, 0.29) is 12.3 Å². The van der Waals surface area contributed by atoms with Crippen LogP contribution in [0.25, 0.3) is 0 Å². The summed E-state index contributed by atoms with van der Waals surface area (Å²) in [4.78, 5) is 23.0. The first-order valence-electron chi connectivity index (χ1n) is 5.54. The fraction of sp³-hybridized carbons (Fsp3) is 0.333. The molecule has 0 unspecified atom stereocenters. The molecule has 1 saturated heterocycles. The molecule has 2 rings (SSSR count). The monoisotopic (exact) mass is 234 g/mol. The number of hydrogen-bond acceptors (Lipinski definition) is 4. The Morgan fingerprint density at radius 3 is 2.82 bits per heavy atom. The van der Waals surface area contributed by atoms with Gasteiger partial charge < -0.3 is 4.74 Å². The summed E-state index contributed by atoms with van der Waals surface area (Å²) >= 11 is 0. The SMILES string of the molecule is O=C(CCc1ccccc1)N1NCCOC1=O. The fourth-order valence-electron chi connectivity index (χ4n) is 1.62. The average Bonchev–Trinajstić information content (AvgIpc) is 2.38. The lowest BCUT2D eigenvalue weighted by molar-refractivity contribution is -0.133. The first-order chi connectivity index (χ1) is 8.27. The van der Waals surface area contributed by atoms with Crippen LogP contribution in [0.5, 0.6) is 0 Å². The number of carbonyl (C=O) groups is 2. The zero-order valence-electron chi connectivity index (χ0n) is 9.39. The fourth-order valence-corrected chi connectivity index (χ4v) is 1.62. The van der Waals surface area contributed by atoms with E-state index < -0.39 is 6.09 Å². The smallest absolute Gasteiger partial charge is 0.431 e. The molecule has 5 heteroatoms. The summed E-state index contributed by atoms with van der Waals surface area (Å²) in [6.45, 7) is 0.782. The Morgan fingerprint density at radius 2 is 2.12 bits per heavy atom. The molecular weight excluding hydrogens is 220 g/mol. The van der Waals surface area contributed by atoms with Gasteiger partial charge in [-0.3, -0.25) is 4.79 Å². The molecule has 1 aromatic rings. The lowest BCUT2D eigenvalue weighted by Crippen LogP contribution is -2.52. The summed E-state index contributed by atoms with van der Waals surface area (Å²) in [5.41, 5.74) is 3.79. The summed E-state index contributed by atoms with van der Waals surface area (Å²) in [6, 6.07) is 9.68. The standard InChI is InChI=1S/C12H14N2O3/c15-11(14-12(16)17-9-8-13-14)7-6-10-4-2-1-3-5-10/h1-5,13H,6-9H2. The van der Waals surface area contributed by atoms with Crippen LogP contribution < -0.4 is 5.43 Å². The number of nitrogens with zero attached hydrogens (tertiary/aromatic N) is 1. The van der Waals surface area contributed by atoms with Crippen LogP contribution in [0.1, 0.15) is 12.0 Å². The van der Waals surface area contributed by atoms with Gasteiger partial charge in [-0.25, -0.2) is 10.2 Å². The van der Waals surface area contributed by atoms with Crippen molar-refractivity contribution in [3.63, 3.8) is 0 Å². The Kier molecular flexibility index (Phi) is 3.72. The molecule has 17 heavy (non-hydrogen) atoms. The predicted molar refractivity (Wildman–Crippen MR) is 61.0 cm³/mol. The van der Waals surface area contributed by atoms with Crippen LogP contribution in [0.4, 0.5) is 4.79 Å². The first-order valence-corrected chi connectivity index (χ1v) is 5.54. The summed E-state index contributed by atoms with van der Waals surface area (Å²) in [7, 11) is 0. The van der Waals surface area contributed by atoms with Crippen LogP contribution in [-0.2, 0) is 16.0 Å². The van der Waals surface area contributed by atoms with Crippen molar-refractivity contribution in [2.24, 2.45) is 0 Å².